The van der Waals surface area contributed by atoms with Crippen molar-refractivity contribution in [3.8, 4) is 0 Å². The molecule has 0 saturated carbocycles. The van der Waals surface area contributed by atoms with Crippen molar-refractivity contribution < 1.29 is 9.90 Å². The maximum Gasteiger partial charge on any atom is 0.251 e. The summed E-state index contributed by atoms with van der Waals surface area (Å²) >= 11 is 3.26. The molecule has 1 aromatic heterocycles. The Balaban J connectivity index is 2.83. The van der Waals surface area contributed by atoms with Gasteiger partial charge in [0.1, 0.15) is 6.54 Å². The van der Waals surface area contributed by atoms with E-state index in [4.69, 9.17) is 0 Å². The summed E-state index contributed by atoms with van der Waals surface area (Å²) in [7, 11) is 0. The normalized spacial score (nSPS) is 11.4. The summed E-state index contributed by atoms with van der Waals surface area (Å²) < 4.78 is 2.09. The lowest BCUT2D eigenvalue weighted by atomic mass is 10.1. The van der Waals surface area contributed by atoms with Crippen LogP contribution < -0.4 is 5.56 Å². The number of nitrogens with zero attached hydrogens (tertiary/aromatic N) is 2. The van der Waals surface area contributed by atoms with E-state index >= 15 is 0 Å². The third-order valence-corrected chi connectivity index (χ3v) is 3.03. The SMILES string of the molecule is CCN(CC(C)(C)O)C(=O)Cn1cc(Br)ccc1=O. The molecule has 0 aliphatic heterocycles. The van der Waals surface area contributed by atoms with Gasteiger partial charge >= 0.3 is 0 Å². The lowest BCUT2D eigenvalue weighted by Gasteiger charge is -2.28. The van der Waals surface area contributed by atoms with Gasteiger partial charge in [0.05, 0.1) is 5.60 Å². The highest BCUT2D eigenvalue weighted by molar-refractivity contribution is 9.10. The van der Waals surface area contributed by atoms with Crippen LogP contribution in [0, 0.1) is 0 Å². The summed E-state index contributed by atoms with van der Waals surface area (Å²) in [5, 5.41) is 9.76. The van der Waals surface area contributed by atoms with Gasteiger partial charge in [-0.1, -0.05) is 0 Å². The Kier molecular flexibility index (Phi) is 5.31. The van der Waals surface area contributed by atoms with Gasteiger partial charge in [-0.05, 0) is 42.8 Å². The Hall–Kier alpha value is -1.14. The first-order valence-electron chi connectivity index (χ1n) is 6.09. The molecule has 0 atom stereocenters. The van der Waals surface area contributed by atoms with E-state index in [1.165, 1.54) is 15.5 Å². The van der Waals surface area contributed by atoms with Crippen molar-refractivity contribution >= 4 is 21.8 Å². The van der Waals surface area contributed by atoms with Gasteiger partial charge in [-0.15, -0.1) is 0 Å². The maximum absolute atomic E-state index is 12.1. The Morgan fingerprint density at radius 3 is 2.63 bits per heavy atom. The summed E-state index contributed by atoms with van der Waals surface area (Å²) in [5.41, 5.74) is -1.18. The molecular weight excluding hydrogens is 312 g/mol. The van der Waals surface area contributed by atoms with Crippen molar-refractivity contribution in [2.24, 2.45) is 0 Å². The molecule has 0 aliphatic rings. The number of pyridine rings is 1. The molecule has 0 bridgehead atoms. The standard InChI is InChI=1S/C13H19BrN2O3/c1-4-15(9-13(2,3)19)12(18)8-16-7-10(14)5-6-11(16)17/h5-7,19H,4,8-9H2,1-3H3. The van der Waals surface area contributed by atoms with Gasteiger partial charge in [0.15, 0.2) is 0 Å². The molecule has 1 amide bonds. The molecule has 0 radical (unpaired) electrons. The fourth-order valence-electron chi connectivity index (χ4n) is 1.71. The van der Waals surface area contributed by atoms with E-state index in [0.29, 0.717) is 6.54 Å². The van der Waals surface area contributed by atoms with Gasteiger partial charge in [-0.3, -0.25) is 9.59 Å². The van der Waals surface area contributed by atoms with Crippen LogP contribution >= 0.6 is 15.9 Å². The van der Waals surface area contributed by atoms with E-state index in [2.05, 4.69) is 15.9 Å². The topological polar surface area (TPSA) is 62.5 Å². The Morgan fingerprint density at radius 1 is 1.47 bits per heavy atom. The average Bonchev–Trinajstić information content (AvgIpc) is 2.29. The highest BCUT2D eigenvalue weighted by Crippen LogP contribution is 2.07. The van der Waals surface area contributed by atoms with Gasteiger partial charge in [0, 0.05) is 29.8 Å². The quantitative estimate of drug-likeness (QED) is 0.883. The summed E-state index contributed by atoms with van der Waals surface area (Å²) in [6.45, 7) is 5.84. The van der Waals surface area contributed by atoms with Crippen LogP contribution in [0.1, 0.15) is 20.8 Å². The number of hydrogen-bond acceptors (Lipinski definition) is 3. The molecule has 0 saturated heterocycles. The number of likely N-dealkylation sites (N-methyl/N-ethyl adjacent to an activating group) is 1. The number of rotatable bonds is 5. The van der Waals surface area contributed by atoms with E-state index in [-0.39, 0.29) is 24.6 Å². The number of amides is 1. The van der Waals surface area contributed by atoms with Crippen LogP contribution in [0.3, 0.4) is 0 Å². The molecule has 1 heterocycles. The minimum absolute atomic E-state index is 0.0256. The first-order valence-corrected chi connectivity index (χ1v) is 6.88. The first-order chi connectivity index (χ1) is 8.73. The minimum atomic E-state index is -0.950. The van der Waals surface area contributed by atoms with Crippen molar-refractivity contribution in [3.05, 3.63) is 33.2 Å². The summed E-state index contributed by atoms with van der Waals surface area (Å²) in [5.74, 6) is -0.190. The van der Waals surface area contributed by atoms with Crippen molar-refractivity contribution in [2.45, 2.75) is 32.9 Å². The molecule has 0 aromatic carbocycles. The molecular formula is C13H19BrN2O3. The van der Waals surface area contributed by atoms with Crippen LogP contribution in [0.4, 0.5) is 0 Å². The zero-order chi connectivity index (χ0) is 14.6. The molecule has 19 heavy (non-hydrogen) atoms. The largest absolute Gasteiger partial charge is 0.389 e. The molecule has 1 aromatic rings. The second-order valence-corrected chi connectivity index (χ2v) is 5.95. The van der Waals surface area contributed by atoms with E-state index in [9.17, 15) is 14.7 Å². The zero-order valence-corrected chi connectivity index (χ0v) is 13.0. The number of carbonyl (C=O) groups is 1. The van der Waals surface area contributed by atoms with Gasteiger partial charge in [0.2, 0.25) is 5.91 Å². The van der Waals surface area contributed by atoms with Gasteiger partial charge in [-0.25, -0.2) is 0 Å². The fourth-order valence-corrected chi connectivity index (χ4v) is 2.09. The summed E-state index contributed by atoms with van der Waals surface area (Å²) in [4.78, 5) is 25.3. The van der Waals surface area contributed by atoms with Gasteiger partial charge in [0.25, 0.3) is 5.56 Å². The zero-order valence-electron chi connectivity index (χ0n) is 11.4. The summed E-state index contributed by atoms with van der Waals surface area (Å²) in [6.07, 6.45) is 1.58. The van der Waals surface area contributed by atoms with Gasteiger partial charge in [-0.2, -0.15) is 0 Å². The number of hydrogen-bond donors (Lipinski definition) is 1. The smallest absolute Gasteiger partial charge is 0.251 e. The molecule has 5 nitrogen and oxygen atoms in total. The molecule has 1 N–H and O–H groups in total. The van der Waals surface area contributed by atoms with Crippen molar-refractivity contribution in [3.63, 3.8) is 0 Å². The predicted octanol–water partition coefficient (Wildman–Crippen LogP) is 1.23. The number of aliphatic hydroxyl groups is 1. The molecule has 0 fully saturated rings. The molecule has 0 spiro atoms. The lowest BCUT2D eigenvalue weighted by molar-refractivity contribution is -0.134. The molecule has 106 valence electrons. The fraction of sp³-hybridized carbons (Fsp3) is 0.538. The van der Waals surface area contributed by atoms with Gasteiger partial charge < -0.3 is 14.6 Å². The van der Waals surface area contributed by atoms with E-state index < -0.39 is 5.60 Å². The third-order valence-electron chi connectivity index (χ3n) is 2.57. The second-order valence-electron chi connectivity index (χ2n) is 5.03. The van der Waals surface area contributed by atoms with Crippen LogP contribution in [-0.2, 0) is 11.3 Å². The van der Waals surface area contributed by atoms with Crippen LogP contribution in [0.2, 0.25) is 0 Å². The van der Waals surface area contributed by atoms with Crippen molar-refractivity contribution in [1.82, 2.24) is 9.47 Å². The summed E-state index contributed by atoms with van der Waals surface area (Å²) in [6, 6.07) is 3.04. The highest BCUT2D eigenvalue weighted by Gasteiger charge is 2.21. The minimum Gasteiger partial charge on any atom is -0.389 e. The maximum atomic E-state index is 12.1. The third kappa shape index (κ3) is 5.16. The Morgan fingerprint density at radius 2 is 2.11 bits per heavy atom. The Labute approximate surface area is 121 Å². The van der Waals surface area contributed by atoms with E-state index in [0.717, 1.165) is 4.47 Å². The van der Waals surface area contributed by atoms with Crippen molar-refractivity contribution in [1.29, 1.82) is 0 Å². The average molecular weight is 331 g/mol. The lowest BCUT2D eigenvalue weighted by Crippen LogP contribution is -2.44. The van der Waals surface area contributed by atoms with E-state index in [1.54, 1.807) is 26.1 Å². The van der Waals surface area contributed by atoms with Crippen LogP contribution in [0.25, 0.3) is 0 Å². The Bertz CT molecular complexity index is 505. The van der Waals surface area contributed by atoms with Crippen LogP contribution in [-0.4, -0.2) is 39.2 Å². The van der Waals surface area contributed by atoms with Crippen LogP contribution in [0.5, 0.6) is 0 Å². The number of aromatic nitrogens is 1. The second kappa shape index (κ2) is 6.34. The number of halogens is 1. The first kappa shape index (κ1) is 15.9. The van der Waals surface area contributed by atoms with Crippen LogP contribution in [0.15, 0.2) is 27.6 Å². The van der Waals surface area contributed by atoms with E-state index in [1.807, 2.05) is 6.92 Å². The molecule has 0 aliphatic carbocycles. The van der Waals surface area contributed by atoms with Crippen molar-refractivity contribution in [2.75, 3.05) is 13.1 Å². The highest BCUT2D eigenvalue weighted by atomic mass is 79.9. The molecule has 6 heteroatoms. The monoisotopic (exact) mass is 330 g/mol. The number of carbonyl (C=O) groups excluding carboxylic acids is 1. The molecule has 0 unspecified atom stereocenters. The predicted molar refractivity (Wildman–Crippen MR) is 77.0 cm³/mol. The molecule has 1 rings (SSSR count).